The molecule has 2 aromatic rings. The van der Waals surface area contributed by atoms with E-state index >= 15 is 0 Å². The van der Waals surface area contributed by atoms with Gasteiger partial charge in [0, 0.05) is 6.04 Å². The zero-order chi connectivity index (χ0) is 17.3. The van der Waals surface area contributed by atoms with Crippen LogP contribution in [0.2, 0.25) is 0 Å². The van der Waals surface area contributed by atoms with Crippen LogP contribution < -0.4 is 10.5 Å². The van der Waals surface area contributed by atoms with Gasteiger partial charge in [-0.3, -0.25) is 9.59 Å². The fourth-order valence-electron chi connectivity index (χ4n) is 2.59. The number of nitrogens with zero attached hydrogens (tertiary/aromatic N) is 2. The smallest absolute Gasteiger partial charge is 0.274 e. The first-order valence-corrected chi connectivity index (χ1v) is 8.52. The summed E-state index contributed by atoms with van der Waals surface area (Å²) in [7, 11) is 1.60. The third kappa shape index (κ3) is 3.41. The molecule has 0 bridgehead atoms. The lowest BCUT2D eigenvalue weighted by atomic mass is 10.1. The Bertz CT molecular complexity index is 783. The highest BCUT2D eigenvalue weighted by molar-refractivity contribution is 7.15. The number of carbonyl (C=O) groups excluding carboxylic acids is 2. The van der Waals surface area contributed by atoms with Crippen molar-refractivity contribution in [3.05, 3.63) is 35.0 Å². The Hall–Kier alpha value is -2.41. The van der Waals surface area contributed by atoms with Crippen molar-refractivity contribution in [3.63, 3.8) is 0 Å². The average Bonchev–Trinajstić information content (AvgIpc) is 3.33. The summed E-state index contributed by atoms with van der Waals surface area (Å²) >= 11 is 1.45. The number of thiazole rings is 1. The highest BCUT2D eigenvalue weighted by Gasteiger charge is 2.36. The molecule has 1 aliphatic carbocycles. The van der Waals surface area contributed by atoms with Gasteiger partial charge in [0.15, 0.2) is 0 Å². The Balaban J connectivity index is 1.98. The van der Waals surface area contributed by atoms with E-state index in [1.54, 1.807) is 12.0 Å². The van der Waals surface area contributed by atoms with Crippen molar-refractivity contribution in [2.45, 2.75) is 25.8 Å². The summed E-state index contributed by atoms with van der Waals surface area (Å²) in [6, 6.07) is 7.61. The quantitative estimate of drug-likeness (QED) is 0.870. The third-order valence-corrected chi connectivity index (χ3v) is 4.86. The summed E-state index contributed by atoms with van der Waals surface area (Å²) in [6.07, 6.45) is 1.80. The van der Waals surface area contributed by atoms with E-state index in [9.17, 15) is 9.59 Å². The lowest BCUT2D eigenvalue weighted by Gasteiger charge is -2.20. The van der Waals surface area contributed by atoms with Gasteiger partial charge >= 0.3 is 0 Å². The van der Waals surface area contributed by atoms with Crippen LogP contribution >= 0.6 is 11.3 Å². The standard InChI is InChI=1S/C17H19N3O3S/c1-10-19-15(17(22)20(9-14(18)21)12-6-7-12)16(24-10)11-4-3-5-13(8-11)23-2/h3-5,8,12H,6-7,9H2,1-2H3,(H2,18,21). The Morgan fingerprint density at radius 3 is 2.79 bits per heavy atom. The first-order chi connectivity index (χ1) is 11.5. The van der Waals surface area contributed by atoms with Crippen molar-refractivity contribution < 1.29 is 14.3 Å². The first kappa shape index (κ1) is 16.4. The van der Waals surface area contributed by atoms with Gasteiger partial charge in [-0.15, -0.1) is 11.3 Å². The van der Waals surface area contributed by atoms with Gasteiger partial charge in [0.1, 0.15) is 11.4 Å². The topological polar surface area (TPSA) is 85.5 Å². The van der Waals surface area contributed by atoms with Gasteiger partial charge < -0.3 is 15.4 Å². The molecule has 24 heavy (non-hydrogen) atoms. The molecule has 7 heteroatoms. The number of benzene rings is 1. The fraction of sp³-hybridized carbons (Fsp3) is 0.353. The maximum Gasteiger partial charge on any atom is 0.274 e. The minimum absolute atomic E-state index is 0.0718. The van der Waals surface area contributed by atoms with Crippen molar-refractivity contribution >= 4 is 23.2 Å². The molecule has 0 aliphatic heterocycles. The summed E-state index contributed by atoms with van der Waals surface area (Å²) in [4.78, 5) is 31.0. The highest BCUT2D eigenvalue weighted by atomic mass is 32.1. The second-order valence-electron chi connectivity index (χ2n) is 5.77. The van der Waals surface area contributed by atoms with Crippen LogP contribution in [-0.4, -0.2) is 41.4 Å². The maximum atomic E-state index is 13.0. The third-order valence-electron chi connectivity index (χ3n) is 3.84. The molecule has 6 nitrogen and oxygen atoms in total. The fourth-order valence-corrected chi connectivity index (χ4v) is 3.50. The molecule has 126 valence electrons. The second kappa shape index (κ2) is 6.60. The van der Waals surface area contributed by atoms with E-state index in [1.165, 1.54) is 11.3 Å². The molecule has 0 unspecified atom stereocenters. The molecule has 0 radical (unpaired) electrons. The molecule has 1 aromatic heterocycles. The number of primary amides is 1. The van der Waals surface area contributed by atoms with E-state index in [1.807, 2.05) is 31.2 Å². The van der Waals surface area contributed by atoms with Gasteiger partial charge in [-0.1, -0.05) is 12.1 Å². The van der Waals surface area contributed by atoms with Crippen LogP contribution in [0.5, 0.6) is 5.75 Å². The van der Waals surface area contributed by atoms with E-state index < -0.39 is 5.91 Å². The summed E-state index contributed by atoms with van der Waals surface area (Å²) in [5, 5.41) is 0.797. The van der Waals surface area contributed by atoms with Gasteiger partial charge in [-0.25, -0.2) is 4.98 Å². The van der Waals surface area contributed by atoms with Crippen molar-refractivity contribution in [3.8, 4) is 16.2 Å². The molecular formula is C17H19N3O3S. The highest BCUT2D eigenvalue weighted by Crippen LogP contribution is 2.35. The molecule has 0 saturated heterocycles. The van der Waals surface area contributed by atoms with Gasteiger partial charge in [-0.2, -0.15) is 0 Å². The number of aromatic nitrogens is 1. The molecule has 1 saturated carbocycles. The lowest BCUT2D eigenvalue weighted by Crippen LogP contribution is -2.40. The van der Waals surface area contributed by atoms with E-state index in [4.69, 9.17) is 10.5 Å². The van der Waals surface area contributed by atoms with Crippen molar-refractivity contribution in [1.82, 2.24) is 9.88 Å². The zero-order valence-corrected chi connectivity index (χ0v) is 14.4. The van der Waals surface area contributed by atoms with Crippen LogP contribution in [0.25, 0.3) is 10.4 Å². The van der Waals surface area contributed by atoms with Crippen LogP contribution in [0.4, 0.5) is 0 Å². The molecule has 0 atom stereocenters. The largest absolute Gasteiger partial charge is 0.497 e. The Kier molecular flexibility index (Phi) is 4.53. The Labute approximate surface area is 144 Å². The number of carbonyl (C=O) groups is 2. The molecule has 3 rings (SSSR count). The number of ether oxygens (including phenoxy) is 1. The summed E-state index contributed by atoms with van der Waals surface area (Å²) < 4.78 is 5.26. The maximum absolute atomic E-state index is 13.0. The Morgan fingerprint density at radius 1 is 1.42 bits per heavy atom. The van der Waals surface area contributed by atoms with Gasteiger partial charge in [0.05, 0.1) is 23.5 Å². The molecule has 2 N–H and O–H groups in total. The number of hydrogen-bond donors (Lipinski definition) is 1. The number of rotatable bonds is 6. The van der Waals surface area contributed by atoms with E-state index in [0.717, 1.165) is 28.3 Å². The van der Waals surface area contributed by atoms with E-state index in [-0.39, 0.29) is 18.5 Å². The zero-order valence-electron chi connectivity index (χ0n) is 13.6. The number of hydrogen-bond acceptors (Lipinski definition) is 5. The van der Waals surface area contributed by atoms with Crippen molar-refractivity contribution in [2.75, 3.05) is 13.7 Å². The molecule has 1 aliphatic rings. The van der Waals surface area contributed by atoms with Crippen molar-refractivity contribution in [2.24, 2.45) is 5.73 Å². The minimum Gasteiger partial charge on any atom is -0.497 e. The minimum atomic E-state index is -0.509. The number of nitrogens with two attached hydrogens (primary N) is 1. The van der Waals surface area contributed by atoms with Gasteiger partial charge in [0.2, 0.25) is 5.91 Å². The predicted octanol–water partition coefficient (Wildman–Crippen LogP) is 2.22. The molecule has 2 amide bonds. The SMILES string of the molecule is COc1cccc(-c2sc(C)nc2C(=O)N(CC(N)=O)C2CC2)c1. The predicted molar refractivity (Wildman–Crippen MR) is 92.1 cm³/mol. The second-order valence-corrected chi connectivity index (χ2v) is 6.98. The summed E-state index contributed by atoms with van der Waals surface area (Å²) in [6.45, 7) is 1.79. The molecule has 1 aromatic carbocycles. The molecular weight excluding hydrogens is 326 g/mol. The first-order valence-electron chi connectivity index (χ1n) is 7.70. The van der Waals surface area contributed by atoms with Crippen LogP contribution in [0, 0.1) is 6.92 Å². The monoisotopic (exact) mass is 345 g/mol. The van der Waals surface area contributed by atoms with Crippen LogP contribution in [0.1, 0.15) is 28.3 Å². The molecule has 1 heterocycles. The lowest BCUT2D eigenvalue weighted by molar-refractivity contribution is -0.118. The average molecular weight is 345 g/mol. The number of aryl methyl sites for hydroxylation is 1. The number of amides is 2. The summed E-state index contributed by atoms with van der Waals surface area (Å²) in [5.74, 6) is -0.0308. The summed E-state index contributed by atoms with van der Waals surface area (Å²) in [5.41, 5.74) is 6.55. The number of methoxy groups -OCH3 is 1. The van der Waals surface area contributed by atoms with Crippen LogP contribution in [0.3, 0.4) is 0 Å². The molecule has 0 spiro atoms. The Morgan fingerprint density at radius 2 is 2.17 bits per heavy atom. The van der Waals surface area contributed by atoms with Crippen LogP contribution in [-0.2, 0) is 4.79 Å². The van der Waals surface area contributed by atoms with Gasteiger partial charge in [-0.05, 0) is 37.5 Å². The normalized spacial score (nSPS) is 13.6. The van der Waals surface area contributed by atoms with Gasteiger partial charge in [0.25, 0.3) is 5.91 Å². The molecule has 1 fully saturated rings. The van der Waals surface area contributed by atoms with Crippen LogP contribution in [0.15, 0.2) is 24.3 Å². The van der Waals surface area contributed by atoms with E-state index in [0.29, 0.717) is 11.4 Å². The van der Waals surface area contributed by atoms with E-state index in [2.05, 4.69) is 4.98 Å². The van der Waals surface area contributed by atoms with Crippen molar-refractivity contribution in [1.29, 1.82) is 0 Å².